The summed E-state index contributed by atoms with van der Waals surface area (Å²) >= 11 is 6.02. The largest absolute Gasteiger partial charge is 0.328 e. The lowest BCUT2D eigenvalue weighted by Crippen LogP contribution is -2.31. The van der Waals surface area contributed by atoms with E-state index in [9.17, 15) is 14.9 Å². The van der Waals surface area contributed by atoms with Crippen LogP contribution in [0.25, 0.3) is 11.4 Å². The van der Waals surface area contributed by atoms with E-state index in [-0.39, 0.29) is 11.6 Å². The average Bonchev–Trinajstić information content (AvgIpc) is 3.27. The number of hydrogen-bond donors (Lipinski definition) is 2. The van der Waals surface area contributed by atoms with Crippen LogP contribution in [-0.4, -0.2) is 25.6 Å². The smallest absolute Gasteiger partial charge is 0.269 e. The SMILES string of the molecule is CC1=C(C(=O)Nc2ccccc2)[C@@H](c2cccc([N+](=O)[O-])c2)n2nc(-c3ccc(Cl)cc3)nc2N1. The number of allylic oxidation sites excluding steroid dienone is 1. The first-order valence-electron chi connectivity index (χ1n) is 10.7. The number of fused-ring (bicyclic) bond motifs is 1. The topological polar surface area (TPSA) is 115 Å². The normalized spacial score (nSPS) is 14.7. The maximum Gasteiger partial charge on any atom is 0.269 e. The van der Waals surface area contributed by atoms with Gasteiger partial charge in [-0.15, -0.1) is 5.10 Å². The number of non-ortho nitro benzene ring substituents is 1. The van der Waals surface area contributed by atoms with Gasteiger partial charge in [-0.25, -0.2) is 4.68 Å². The number of carbonyl (C=O) groups is 1. The monoisotopic (exact) mass is 486 g/mol. The first-order valence-corrected chi connectivity index (χ1v) is 11.1. The summed E-state index contributed by atoms with van der Waals surface area (Å²) in [7, 11) is 0. The number of para-hydroxylation sites is 1. The third kappa shape index (κ3) is 4.36. The molecule has 3 aromatic carbocycles. The zero-order chi connectivity index (χ0) is 24.5. The molecule has 1 aromatic heterocycles. The Bertz CT molecular complexity index is 1460. The van der Waals surface area contributed by atoms with Crippen LogP contribution in [0.5, 0.6) is 0 Å². The predicted octanol–water partition coefficient (Wildman–Crippen LogP) is 5.43. The van der Waals surface area contributed by atoms with E-state index in [1.807, 2.05) is 18.2 Å². The van der Waals surface area contributed by atoms with Crippen molar-refractivity contribution in [2.24, 2.45) is 0 Å². The van der Waals surface area contributed by atoms with Gasteiger partial charge < -0.3 is 10.6 Å². The van der Waals surface area contributed by atoms with Crippen LogP contribution < -0.4 is 10.6 Å². The second-order valence-electron chi connectivity index (χ2n) is 7.95. The molecule has 0 radical (unpaired) electrons. The van der Waals surface area contributed by atoms with Crippen LogP contribution in [0.15, 0.2) is 90.1 Å². The number of rotatable bonds is 5. The number of amides is 1. The summed E-state index contributed by atoms with van der Waals surface area (Å²) < 4.78 is 1.58. The predicted molar refractivity (Wildman–Crippen MR) is 133 cm³/mol. The van der Waals surface area contributed by atoms with Gasteiger partial charge in [-0.05, 0) is 48.9 Å². The minimum atomic E-state index is -0.747. The standard InChI is InChI=1S/C25H19ClN6O3/c1-15-21(24(33)28-19-7-3-2-4-8-19)22(17-6-5-9-20(14-17)32(34)35)31-25(27-15)29-23(30-31)16-10-12-18(26)13-11-16/h2-14,22H,1H3,(H,28,33)(H,27,29,30)/t22-/m1/s1. The highest BCUT2D eigenvalue weighted by molar-refractivity contribution is 6.30. The van der Waals surface area contributed by atoms with Crippen molar-refractivity contribution in [2.75, 3.05) is 10.6 Å². The van der Waals surface area contributed by atoms with Crippen molar-refractivity contribution in [1.29, 1.82) is 0 Å². The van der Waals surface area contributed by atoms with Gasteiger partial charge in [0.1, 0.15) is 6.04 Å². The van der Waals surface area contributed by atoms with E-state index in [2.05, 4.69) is 20.7 Å². The molecule has 0 fully saturated rings. The maximum atomic E-state index is 13.5. The highest BCUT2D eigenvalue weighted by atomic mass is 35.5. The molecule has 10 heteroatoms. The summed E-state index contributed by atoms with van der Waals surface area (Å²) in [5, 5.41) is 22.8. The van der Waals surface area contributed by atoms with Gasteiger partial charge in [0.15, 0.2) is 5.82 Å². The van der Waals surface area contributed by atoms with Crippen LogP contribution in [0, 0.1) is 10.1 Å². The number of aromatic nitrogens is 3. The van der Waals surface area contributed by atoms with E-state index in [1.54, 1.807) is 60.1 Å². The maximum absolute atomic E-state index is 13.5. The zero-order valence-corrected chi connectivity index (χ0v) is 19.2. The lowest BCUT2D eigenvalue weighted by atomic mass is 9.94. The number of nitro benzene ring substituents is 1. The van der Waals surface area contributed by atoms with E-state index in [0.717, 1.165) is 5.56 Å². The number of carbonyl (C=O) groups excluding carboxylic acids is 1. The summed E-state index contributed by atoms with van der Waals surface area (Å²) in [5.74, 6) is 0.490. The summed E-state index contributed by atoms with van der Waals surface area (Å²) in [6.45, 7) is 1.77. The van der Waals surface area contributed by atoms with Crippen LogP contribution in [0.3, 0.4) is 0 Å². The molecule has 1 aliphatic rings. The van der Waals surface area contributed by atoms with Gasteiger partial charge in [-0.2, -0.15) is 4.98 Å². The third-order valence-corrected chi connectivity index (χ3v) is 5.88. The van der Waals surface area contributed by atoms with Crippen molar-refractivity contribution in [1.82, 2.24) is 14.8 Å². The van der Waals surface area contributed by atoms with Gasteiger partial charge >= 0.3 is 0 Å². The lowest BCUT2D eigenvalue weighted by Gasteiger charge is -2.28. The fourth-order valence-corrected chi connectivity index (χ4v) is 4.13. The van der Waals surface area contributed by atoms with Crippen molar-refractivity contribution >= 4 is 34.8 Å². The minimum Gasteiger partial charge on any atom is -0.328 e. The van der Waals surface area contributed by atoms with Gasteiger partial charge in [0, 0.05) is 34.1 Å². The second-order valence-corrected chi connectivity index (χ2v) is 8.39. The number of halogens is 1. The minimum absolute atomic E-state index is 0.0823. The van der Waals surface area contributed by atoms with Crippen molar-refractivity contribution in [2.45, 2.75) is 13.0 Å². The van der Waals surface area contributed by atoms with E-state index in [4.69, 9.17) is 11.6 Å². The first-order chi connectivity index (χ1) is 16.9. The van der Waals surface area contributed by atoms with E-state index >= 15 is 0 Å². The van der Waals surface area contributed by atoms with Crippen LogP contribution in [0.1, 0.15) is 18.5 Å². The summed E-state index contributed by atoms with van der Waals surface area (Å²) in [6, 6.07) is 21.6. The molecule has 1 amide bonds. The number of hydrogen-bond acceptors (Lipinski definition) is 6. The number of anilines is 2. The van der Waals surface area contributed by atoms with Gasteiger partial charge in [0.25, 0.3) is 11.6 Å². The van der Waals surface area contributed by atoms with E-state index in [0.29, 0.717) is 39.3 Å². The Balaban J connectivity index is 1.63. The van der Waals surface area contributed by atoms with Gasteiger partial charge in [-0.3, -0.25) is 14.9 Å². The summed E-state index contributed by atoms with van der Waals surface area (Å²) in [5.41, 5.74) is 2.76. The fourth-order valence-electron chi connectivity index (χ4n) is 4.00. The molecule has 0 bridgehead atoms. The molecule has 0 saturated carbocycles. The molecule has 0 spiro atoms. The Morgan fingerprint density at radius 2 is 1.83 bits per heavy atom. The molecule has 0 aliphatic carbocycles. The fraction of sp³-hybridized carbons (Fsp3) is 0.0800. The van der Waals surface area contributed by atoms with Gasteiger partial charge in [-0.1, -0.05) is 41.9 Å². The molecule has 1 atom stereocenters. The highest BCUT2D eigenvalue weighted by Crippen LogP contribution is 2.37. The van der Waals surface area contributed by atoms with E-state index < -0.39 is 11.0 Å². The molecule has 0 unspecified atom stereocenters. The molecule has 2 heterocycles. The molecule has 5 rings (SSSR count). The Morgan fingerprint density at radius 1 is 1.09 bits per heavy atom. The molecule has 35 heavy (non-hydrogen) atoms. The Kier molecular flexibility index (Phi) is 5.76. The highest BCUT2D eigenvalue weighted by Gasteiger charge is 2.35. The number of nitrogens with one attached hydrogen (secondary N) is 2. The molecule has 174 valence electrons. The zero-order valence-electron chi connectivity index (χ0n) is 18.5. The molecular weight excluding hydrogens is 468 g/mol. The van der Waals surface area contributed by atoms with Gasteiger partial charge in [0.05, 0.1) is 10.5 Å². The summed E-state index contributed by atoms with van der Waals surface area (Å²) in [4.78, 5) is 29.1. The van der Waals surface area contributed by atoms with Crippen molar-refractivity contribution in [3.8, 4) is 11.4 Å². The van der Waals surface area contributed by atoms with Crippen LogP contribution in [-0.2, 0) is 4.79 Å². The first kappa shape index (κ1) is 22.3. The third-order valence-electron chi connectivity index (χ3n) is 5.63. The number of nitro groups is 1. The molecule has 0 saturated heterocycles. The van der Waals surface area contributed by atoms with Gasteiger partial charge in [0.2, 0.25) is 5.95 Å². The quantitative estimate of drug-likeness (QED) is 0.287. The summed E-state index contributed by atoms with van der Waals surface area (Å²) in [6.07, 6.45) is 0. The van der Waals surface area contributed by atoms with E-state index in [1.165, 1.54) is 12.1 Å². The number of benzene rings is 3. The molecular formula is C25H19ClN6O3. The molecule has 1 aliphatic heterocycles. The molecule has 2 N–H and O–H groups in total. The molecule has 9 nitrogen and oxygen atoms in total. The Labute approximate surface area is 205 Å². The average molecular weight is 487 g/mol. The van der Waals surface area contributed by atoms with Crippen molar-refractivity contribution < 1.29 is 9.72 Å². The van der Waals surface area contributed by atoms with Crippen LogP contribution in [0.2, 0.25) is 5.02 Å². The van der Waals surface area contributed by atoms with Crippen molar-refractivity contribution in [3.63, 3.8) is 0 Å². The Morgan fingerprint density at radius 3 is 2.54 bits per heavy atom. The Hall–Kier alpha value is -4.50. The molecule has 4 aromatic rings. The van der Waals surface area contributed by atoms with Crippen LogP contribution in [0.4, 0.5) is 17.3 Å². The lowest BCUT2D eigenvalue weighted by molar-refractivity contribution is -0.384. The second kappa shape index (κ2) is 9.03. The number of nitrogens with zero attached hydrogens (tertiary/aromatic N) is 4. The van der Waals surface area contributed by atoms with Crippen LogP contribution >= 0.6 is 11.6 Å². The van der Waals surface area contributed by atoms with Crippen molar-refractivity contribution in [3.05, 3.63) is 111 Å².